The molecule has 0 aromatic heterocycles. The predicted molar refractivity (Wildman–Crippen MR) is 154 cm³/mol. The molecule has 0 atom stereocenters. The number of rotatable bonds is 11. The van der Waals surface area contributed by atoms with Crippen LogP contribution in [0, 0.1) is 29.3 Å². The van der Waals surface area contributed by atoms with Crippen LogP contribution >= 0.6 is 0 Å². The third-order valence-corrected chi connectivity index (χ3v) is 7.03. The highest BCUT2D eigenvalue weighted by atomic mass is 19.4. The number of hydrogen-bond acceptors (Lipinski definition) is 1. The molecule has 0 saturated carbocycles. The normalized spacial score (nSPS) is 11.4. The van der Waals surface area contributed by atoms with Gasteiger partial charge in [-0.15, -0.1) is 0 Å². The first-order chi connectivity index (χ1) is 20.1. The van der Waals surface area contributed by atoms with Crippen molar-refractivity contribution in [3.63, 3.8) is 0 Å². The number of fused-ring (bicyclic) bond motifs is 1. The first-order valence-electron chi connectivity index (χ1n) is 14.1. The van der Waals surface area contributed by atoms with Crippen molar-refractivity contribution in [2.45, 2.75) is 64.5 Å². The summed E-state index contributed by atoms with van der Waals surface area (Å²) in [6.45, 7) is 0.388. The van der Waals surface area contributed by atoms with Crippen molar-refractivity contribution in [3.8, 4) is 17.6 Å². The fourth-order valence-corrected chi connectivity index (χ4v) is 4.75. The van der Waals surface area contributed by atoms with Crippen LogP contribution in [0.15, 0.2) is 66.7 Å². The molecule has 0 aliphatic rings. The molecule has 0 heterocycles. The van der Waals surface area contributed by atoms with Crippen LogP contribution in [0.1, 0.15) is 66.8 Å². The summed E-state index contributed by atoms with van der Waals surface area (Å²) in [4.78, 5) is 0. The Morgan fingerprint density at radius 2 is 1.29 bits per heavy atom. The summed E-state index contributed by atoms with van der Waals surface area (Å²) < 4.78 is 84.6. The van der Waals surface area contributed by atoms with E-state index >= 15 is 4.39 Å². The van der Waals surface area contributed by atoms with E-state index in [1.54, 1.807) is 12.1 Å². The maximum atomic E-state index is 15.2. The largest absolute Gasteiger partial charge is 0.478 e. The number of alkyl halides is 3. The summed E-state index contributed by atoms with van der Waals surface area (Å²) in [5.74, 6) is 0.663. The summed E-state index contributed by atoms with van der Waals surface area (Å²) >= 11 is 0. The van der Waals surface area contributed by atoms with E-state index in [-0.39, 0.29) is 11.1 Å². The molecule has 0 radical (unpaired) electrons. The highest BCUT2D eigenvalue weighted by Gasteiger charge is 2.29. The zero-order valence-corrected chi connectivity index (χ0v) is 23.4. The number of benzene rings is 4. The fraction of sp³-hybridized carbons (Fsp3) is 0.314. The molecule has 42 heavy (non-hydrogen) atoms. The molecule has 220 valence electrons. The van der Waals surface area contributed by atoms with Gasteiger partial charge in [0, 0.05) is 10.9 Å². The SMILES string of the molecule is CCCCCCCc1ccc(CCc2ccc3c(F)c(C#Cc4cc(F)c(OCC(F)(F)F)c(F)c4)ccc3c2)cc1. The molecule has 0 bridgehead atoms. The van der Waals surface area contributed by atoms with Crippen molar-refractivity contribution in [1.29, 1.82) is 0 Å². The maximum Gasteiger partial charge on any atom is 0.422 e. The van der Waals surface area contributed by atoms with E-state index in [9.17, 15) is 22.0 Å². The van der Waals surface area contributed by atoms with Gasteiger partial charge in [-0.25, -0.2) is 13.2 Å². The lowest BCUT2D eigenvalue weighted by molar-refractivity contribution is -0.154. The Bertz CT molecular complexity index is 1540. The molecule has 0 amide bonds. The Hall–Kier alpha value is -3.92. The van der Waals surface area contributed by atoms with Gasteiger partial charge in [-0.1, -0.05) is 93.0 Å². The molecule has 0 N–H and O–H groups in total. The molecule has 0 unspecified atom stereocenters. The molecule has 0 aliphatic heterocycles. The van der Waals surface area contributed by atoms with Gasteiger partial charge in [0.25, 0.3) is 0 Å². The smallest absolute Gasteiger partial charge is 0.422 e. The van der Waals surface area contributed by atoms with Crippen LogP contribution in [0.4, 0.5) is 26.3 Å². The van der Waals surface area contributed by atoms with E-state index in [2.05, 4.69) is 47.8 Å². The molecular formula is C35H32F6O. The second-order valence-electron chi connectivity index (χ2n) is 10.4. The molecule has 0 saturated heterocycles. The van der Waals surface area contributed by atoms with Gasteiger partial charge < -0.3 is 4.74 Å². The number of aryl methyl sites for hydroxylation is 3. The Labute approximate surface area is 242 Å². The third-order valence-electron chi connectivity index (χ3n) is 7.03. The van der Waals surface area contributed by atoms with Crippen molar-refractivity contribution in [3.05, 3.63) is 112 Å². The first-order valence-corrected chi connectivity index (χ1v) is 14.1. The third kappa shape index (κ3) is 8.79. The second kappa shape index (κ2) is 14.3. The van der Waals surface area contributed by atoms with E-state index < -0.39 is 36.0 Å². The second-order valence-corrected chi connectivity index (χ2v) is 10.4. The van der Waals surface area contributed by atoms with E-state index in [4.69, 9.17) is 0 Å². The van der Waals surface area contributed by atoms with Crippen molar-refractivity contribution in [1.82, 2.24) is 0 Å². The van der Waals surface area contributed by atoms with Crippen LogP contribution in [0.25, 0.3) is 10.8 Å². The Kier molecular flexibility index (Phi) is 10.6. The zero-order valence-electron chi connectivity index (χ0n) is 23.4. The van der Waals surface area contributed by atoms with Gasteiger partial charge in [0.05, 0.1) is 5.56 Å². The standard InChI is InChI=1S/C35H32F6O/c1-2-3-4-5-6-7-24-8-10-25(11-9-24)12-13-26-15-19-30-29(20-26)18-17-28(33(30)38)16-14-27-21-31(36)34(32(37)22-27)42-23-35(39,40)41/h8-11,15,17-22H,2-7,12-13,23H2,1H3. The number of hydrogen-bond donors (Lipinski definition) is 0. The van der Waals surface area contributed by atoms with Crippen LogP contribution in [0.2, 0.25) is 0 Å². The molecule has 4 aromatic rings. The van der Waals surface area contributed by atoms with Crippen molar-refractivity contribution >= 4 is 10.8 Å². The summed E-state index contributed by atoms with van der Waals surface area (Å²) in [6.07, 6.45) is 4.35. The first kappa shape index (κ1) is 31.0. The van der Waals surface area contributed by atoms with E-state index in [0.717, 1.165) is 37.0 Å². The fourth-order valence-electron chi connectivity index (χ4n) is 4.75. The Morgan fingerprint density at radius 3 is 1.95 bits per heavy atom. The summed E-state index contributed by atoms with van der Waals surface area (Å²) in [5, 5.41) is 1.07. The monoisotopic (exact) mass is 582 g/mol. The number of halogens is 6. The lowest BCUT2D eigenvalue weighted by Crippen LogP contribution is -2.20. The van der Waals surface area contributed by atoms with Crippen LogP contribution in [-0.2, 0) is 19.3 Å². The van der Waals surface area contributed by atoms with E-state index in [0.29, 0.717) is 10.8 Å². The van der Waals surface area contributed by atoms with Crippen LogP contribution in [-0.4, -0.2) is 12.8 Å². The minimum Gasteiger partial charge on any atom is -0.478 e. The quantitative estimate of drug-likeness (QED) is 0.0972. The van der Waals surface area contributed by atoms with E-state index in [1.807, 2.05) is 12.1 Å². The molecule has 4 rings (SSSR count). The number of unbranched alkanes of at least 4 members (excludes halogenated alkanes) is 4. The molecule has 0 spiro atoms. The van der Waals surface area contributed by atoms with Gasteiger partial charge in [-0.3, -0.25) is 0 Å². The van der Waals surface area contributed by atoms with Gasteiger partial charge in [-0.05, 0) is 66.0 Å². The molecule has 0 fully saturated rings. The zero-order chi connectivity index (χ0) is 30.1. The van der Waals surface area contributed by atoms with Gasteiger partial charge in [0.15, 0.2) is 24.0 Å². The highest BCUT2D eigenvalue weighted by Crippen LogP contribution is 2.27. The predicted octanol–water partition coefficient (Wildman–Crippen LogP) is 9.90. The van der Waals surface area contributed by atoms with Gasteiger partial charge in [-0.2, -0.15) is 13.2 Å². The molecule has 1 nitrogen and oxygen atoms in total. The van der Waals surface area contributed by atoms with Gasteiger partial charge in [0.2, 0.25) is 0 Å². The number of ether oxygens (including phenoxy) is 1. The van der Waals surface area contributed by atoms with Crippen LogP contribution < -0.4 is 4.74 Å². The van der Waals surface area contributed by atoms with Crippen molar-refractivity contribution < 1.29 is 31.1 Å². The van der Waals surface area contributed by atoms with E-state index in [1.165, 1.54) is 49.3 Å². The van der Waals surface area contributed by atoms with Gasteiger partial charge in [0.1, 0.15) is 5.82 Å². The van der Waals surface area contributed by atoms with Crippen LogP contribution in [0.3, 0.4) is 0 Å². The Morgan fingerprint density at radius 1 is 0.667 bits per heavy atom. The molecule has 0 aliphatic carbocycles. The minimum absolute atomic E-state index is 0.0268. The van der Waals surface area contributed by atoms with Gasteiger partial charge >= 0.3 is 6.18 Å². The lowest BCUT2D eigenvalue weighted by atomic mass is 9.98. The topological polar surface area (TPSA) is 9.23 Å². The van der Waals surface area contributed by atoms with Crippen molar-refractivity contribution in [2.24, 2.45) is 0 Å². The maximum absolute atomic E-state index is 15.2. The highest BCUT2D eigenvalue weighted by molar-refractivity contribution is 5.85. The summed E-state index contributed by atoms with van der Waals surface area (Å²) in [7, 11) is 0. The van der Waals surface area contributed by atoms with Crippen LogP contribution in [0.5, 0.6) is 5.75 Å². The molecule has 4 aromatic carbocycles. The average molecular weight is 583 g/mol. The molecule has 7 heteroatoms. The lowest BCUT2D eigenvalue weighted by Gasteiger charge is -2.10. The minimum atomic E-state index is -4.75. The Balaban J connectivity index is 1.39. The molecular weight excluding hydrogens is 550 g/mol. The van der Waals surface area contributed by atoms with Crippen molar-refractivity contribution in [2.75, 3.05) is 6.61 Å². The summed E-state index contributed by atoms with van der Waals surface area (Å²) in [5.41, 5.74) is 3.53. The average Bonchev–Trinajstić information content (AvgIpc) is 2.95. The summed E-state index contributed by atoms with van der Waals surface area (Å²) in [6, 6.07) is 19.0.